The Morgan fingerprint density at radius 3 is 2.54 bits per heavy atom. The predicted molar refractivity (Wildman–Crippen MR) is 45.3 cm³/mol. The smallest absolute Gasteiger partial charge is 0.196 e. The van der Waals surface area contributed by atoms with Crippen molar-refractivity contribution in [2.75, 3.05) is 7.11 Å². The number of ether oxygens (including phenoxy) is 1. The van der Waals surface area contributed by atoms with Gasteiger partial charge in [-0.3, -0.25) is 0 Å². The highest BCUT2D eigenvalue weighted by Gasteiger charge is 2.16. The minimum Gasteiger partial charge on any atom is -0.504 e. The fourth-order valence-corrected chi connectivity index (χ4v) is 1.08. The maximum Gasteiger partial charge on any atom is 0.196 e. The molecule has 0 saturated heterocycles. The summed E-state index contributed by atoms with van der Waals surface area (Å²) < 4.78 is 18.0. The first kappa shape index (κ1) is 9.80. The number of halogens is 1. The van der Waals surface area contributed by atoms with Gasteiger partial charge < -0.3 is 14.9 Å². The molecule has 0 heterocycles. The third-order valence-electron chi connectivity index (χ3n) is 1.76. The van der Waals surface area contributed by atoms with Crippen LogP contribution in [0.1, 0.15) is 18.6 Å². The van der Waals surface area contributed by atoms with Crippen molar-refractivity contribution in [3.8, 4) is 11.5 Å². The van der Waals surface area contributed by atoms with Crippen molar-refractivity contribution in [3.05, 3.63) is 23.5 Å². The SMILES string of the molecule is COc1c(O)ccc(C(C)O)c1F. The number of aliphatic hydroxyl groups is 1. The Hall–Kier alpha value is -1.29. The van der Waals surface area contributed by atoms with Gasteiger partial charge in [0.25, 0.3) is 0 Å². The molecule has 72 valence electrons. The molecule has 0 radical (unpaired) electrons. The van der Waals surface area contributed by atoms with E-state index in [9.17, 15) is 4.39 Å². The molecule has 0 aliphatic rings. The van der Waals surface area contributed by atoms with Gasteiger partial charge >= 0.3 is 0 Å². The summed E-state index contributed by atoms with van der Waals surface area (Å²) in [5, 5.41) is 18.3. The molecule has 0 amide bonds. The monoisotopic (exact) mass is 186 g/mol. The summed E-state index contributed by atoms with van der Waals surface area (Å²) in [4.78, 5) is 0. The van der Waals surface area contributed by atoms with Crippen LogP contribution in [-0.4, -0.2) is 17.3 Å². The van der Waals surface area contributed by atoms with Crippen molar-refractivity contribution in [3.63, 3.8) is 0 Å². The average molecular weight is 186 g/mol. The van der Waals surface area contributed by atoms with Gasteiger partial charge in [0.15, 0.2) is 17.3 Å². The zero-order valence-electron chi connectivity index (χ0n) is 7.41. The lowest BCUT2D eigenvalue weighted by Gasteiger charge is -2.10. The van der Waals surface area contributed by atoms with Crippen molar-refractivity contribution in [1.82, 2.24) is 0 Å². The van der Waals surface area contributed by atoms with E-state index in [2.05, 4.69) is 4.74 Å². The number of phenolic OH excluding ortho intramolecular Hbond substituents is 1. The van der Waals surface area contributed by atoms with Crippen molar-refractivity contribution in [1.29, 1.82) is 0 Å². The number of aromatic hydroxyl groups is 1. The highest BCUT2D eigenvalue weighted by molar-refractivity contribution is 5.43. The summed E-state index contributed by atoms with van der Waals surface area (Å²) in [6, 6.07) is 2.60. The standard InChI is InChI=1S/C9H11FO3/c1-5(11)6-3-4-7(12)9(13-2)8(6)10/h3-5,11-12H,1-2H3. The Bertz CT molecular complexity index is 310. The number of aliphatic hydroxyl groups excluding tert-OH is 1. The van der Waals surface area contributed by atoms with E-state index >= 15 is 0 Å². The van der Waals surface area contributed by atoms with Crippen LogP contribution in [-0.2, 0) is 0 Å². The Kier molecular flexibility index (Phi) is 2.72. The summed E-state index contributed by atoms with van der Waals surface area (Å²) in [7, 11) is 1.25. The molecule has 0 aromatic heterocycles. The topological polar surface area (TPSA) is 49.7 Å². The Labute approximate surface area is 75.4 Å². The van der Waals surface area contributed by atoms with Gasteiger partial charge in [-0.25, -0.2) is 4.39 Å². The molecular weight excluding hydrogens is 175 g/mol. The molecule has 1 aromatic rings. The number of phenols is 1. The Balaban J connectivity index is 3.27. The average Bonchev–Trinajstić information content (AvgIpc) is 2.04. The van der Waals surface area contributed by atoms with Crippen LogP contribution >= 0.6 is 0 Å². The van der Waals surface area contributed by atoms with Gasteiger partial charge in [-0.2, -0.15) is 0 Å². The largest absolute Gasteiger partial charge is 0.504 e. The summed E-state index contributed by atoms with van der Waals surface area (Å²) in [5.41, 5.74) is 0.106. The van der Waals surface area contributed by atoms with Crippen LogP contribution < -0.4 is 4.74 Å². The van der Waals surface area contributed by atoms with Crippen LogP contribution in [0, 0.1) is 5.82 Å². The zero-order valence-corrected chi connectivity index (χ0v) is 7.41. The van der Waals surface area contributed by atoms with Crippen LogP contribution in [0.3, 0.4) is 0 Å². The lowest BCUT2D eigenvalue weighted by atomic mass is 10.1. The maximum atomic E-state index is 13.3. The molecule has 13 heavy (non-hydrogen) atoms. The molecule has 1 aromatic carbocycles. The second-order valence-electron chi connectivity index (χ2n) is 2.70. The Morgan fingerprint density at radius 2 is 2.08 bits per heavy atom. The van der Waals surface area contributed by atoms with E-state index in [1.807, 2.05) is 0 Å². The normalized spacial score (nSPS) is 12.6. The third kappa shape index (κ3) is 1.72. The fraction of sp³-hybridized carbons (Fsp3) is 0.333. The second kappa shape index (κ2) is 3.62. The third-order valence-corrected chi connectivity index (χ3v) is 1.76. The highest BCUT2D eigenvalue weighted by atomic mass is 19.1. The summed E-state index contributed by atoms with van der Waals surface area (Å²) >= 11 is 0. The maximum absolute atomic E-state index is 13.3. The van der Waals surface area contributed by atoms with E-state index in [1.165, 1.54) is 26.2 Å². The van der Waals surface area contributed by atoms with Gasteiger partial charge in [-0.1, -0.05) is 0 Å². The minimum absolute atomic E-state index is 0.106. The Morgan fingerprint density at radius 1 is 1.46 bits per heavy atom. The molecule has 2 N–H and O–H groups in total. The number of benzene rings is 1. The van der Waals surface area contributed by atoms with Gasteiger partial charge in [-0.05, 0) is 19.1 Å². The van der Waals surface area contributed by atoms with Gasteiger partial charge in [0.2, 0.25) is 0 Å². The van der Waals surface area contributed by atoms with E-state index in [0.717, 1.165) is 0 Å². The molecule has 1 rings (SSSR count). The van der Waals surface area contributed by atoms with E-state index in [0.29, 0.717) is 0 Å². The molecule has 0 fully saturated rings. The van der Waals surface area contributed by atoms with Crippen molar-refractivity contribution in [2.24, 2.45) is 0 Å². The molecule has 0 spiro atoms. The van der Waals surface area contributed by atoms with Crippen LogP contribution in [0.15, 0.2) is 12.1 Å². The molecule has 4 heteroatoms. The minimum atomic E-state index is -0.922. The first-order valence-corrected chi connectivity index (χ1v) is 3.81. The van der Waals surface area contributed by atoms with Crippen molar-refractivity contribution in [2.45, 2.75) is 13.0 Å². The first-order chi connectivity index (χ1) is 6.07. The summed E-state index contributed by atoms with van der Waals surface area (Å²) in [6.45, 7) is 1.44. The predicted octanol–water partition coefficient (Wildman–Crippen LogP) is 1.59. The summed E-state index contributed by atoms with van der Waals surface area (Å²) in [5.74, 6) is -1.24. The van der Waals surface area contributed by atoms with Crippen LogP contribution in [0.4, 0.5) is 4.39 Å². The van der Waals surface area contributed by atoms with E-state index < -0.39 is 11.9 Å². The number of hydrogen-bond donors (Lipinski definition) is 2. The highest BCUT2D eigenvalue weighted by Crippen LogP contribution is 2.33. The zero-order chi connectivity index (χ0) is 10.0. The second-order valence-corrected chi connectivity index (χ2v) is 2.70. The molecule has 0 aliphatic carbocycles. The summed E-state index contributed by atoms with van der Waals surface area (Å²) in [6.07, 6.45) is -0.922. The van der Waals surface area contributed by atoms with Gasteiger partial charge in [0.1, 0.15) is 0 Å². The molecule has 1 atom stereocenters. The lowest BCUT2D eigenvalue weighted by Crippen LogP contribution is -1.98. The van der Waals surface area contributed by atoms with Crippen LogP contribution in [0.2, 0.25) is 0 Å². The molecule has 0 saturated carbocycles. The lowest BCUT2D eigenvalue weighted by molar-refractivity contribution is 0.192. The molecular formula is C9H11FO3. The van der Waals surface area contributed by atoms with Gasteiger partial charge in [0.05, 0.1) is 13.2 Å². The quantitative estimate of drug-likeness (QED) is 0.737. The van der Waals surface area contributed by atoms with Crippen LogP contribution in [0.5, 0.6) is 11.5 Å². The van der Waals surface area contributed by atoms with E-state index in [-0.39, 0.29) is 17.1 Å². The molecule has 3 nitrogen and oxygen atoms in total. The van der Waals surface area contributed by atoms with E-state index in [4.69, 9.17) is 10.2 Å². The fourth-order valence-electron chi connectivity index (χ4n) is 1.08. The van der Waals surface area contributed by atoms with Crippen LogP contribution in [0.25, 0.3) is 0 Å². The number of methoxy groups -OCH3 is 1. The molecule has 0 aliphatic heterocycles. The molecule has 1 unspecified atom stereocenters. The van der Waals surface area contributed by atoms with Gasteiger partial charge in [0, 0.05) is 5.56 Å². The van der Waals surface area contributed by atoms with Gasteiger partial charge in [-0.15, -0.1) is 0 Å². The van der Waals surface area contributed by atoms with Crippen molar-refractivity contribution < 1.29 is 19.3 Å². The number of hydrogen-bond acceptors (Lipinski definition) is 3. The van der Waals surface area contributed by atoms with Crippen molar-refractivity contribution >= 4 is 0 Å². The van der Waals surface area contributed by atoms with E-state index in [1.54, 1.807) is 0 Å². The number of rotatable bonds is 2. The molecule has 0 bridgehead atoms. The first-order valence-electron chi connectivity index (χ1n) is 3.81.